The Morgan fingerprint density at radius 2 is 2.00 bits per heavy atom. The minimum absolute atomic E-state index is 0.279. The summed E-state index contributed by atoms with van der Waals surface area (Å²) in [6.45, 7) is 2.01. The lowest BCUT2D eigenvalue weighted by Gasteiger charge is -2.01. The van der Waals surface area contributed by atoms with Crippen LogP contribution in [0.1, 0.15) is 5.56 Å². The van der Waals surface area contributed by atoms with Crippen LogP contribution in [-0.4, -0.2) is 9.97 Å². The first kappa shape index (κ1) is 9.86. The molecule has 0 aliphatic rings. The van der Waals surface area contributed by atoms with Gasteiger partial charge in [-0.2, -0.15) is 0 Å². The average molecular weight is 218 g/mol. The van der Waals surface area contributed by atoms with Crippen LogP contribution in [0.5, 0.6) is 0 Å². The summed E-state index contributed by atoms with van der Waals surface area (Å²) >= 11 is 4.94. The molecule has 1 aromatic carbocycles. The minimum atomic E-state index is -0.279. The van der Waals surface area contributed by atoms with E-state index in [0.29, 0.717) is 4.64 Å². The fourth-order valence-electron chi connectivity index (χ4n) is 1.44. The molecule has 1 heterocycles. The van der Waals surface area contributed by atoms with Gasteiger partial charge in [-0.05, 0) is 24.6 Å². The van der Waals surface area contributed by atoms with Crippen molar-refractivity contribution >= 4 is 12.2 Å². The van der Waals surface area contributed by atoms with E-state index in [0.717, 1.165) is 16.8 Å². The van der Waals surface area contributed by atoms with Gasteiger partial charge in [-0.25, -0.2) is 4.79 Å². The van der Waals surface area contributed by atoms with Crippen molar-refractivity contribution in [2.45, 2.75) is 6.92 Å². The van der Waals surface area contributed by atoms with Crippen molar-refractivity contribution in [3.8, 4) is 11.3 Å². The molecule has 0 radical (unpaired) electrons. The Morgan fingerprint density at radius 1 is 1.20 bits per heavy atom. The second-order valence-corrected chi connectivity index (χ2v) is 3.81. The molecule has 0 fully saturated rings. The van der Waals surface area contributed by atoms with Gasteiger partial charge in [0.1, 0.15) is 4.64 Å². The topological polar surface area (TPSA) is 48.6 Å². The van der Waals surface area contributed by atoms with Crippen LogP contribution < -0.4 is 5.69 Å². The highest BCUT2D eigenvalue weighted by Gasteiger charge is 1.98. The highest BCUT2D eigenvalue weighted by atomic mass is 32.1. The van der Waals surface area contributed by atoms with E-state index in [2.05, 4.69) is 9.97 Å². The van der Waals surface area contributed by atoms with E-state index in [9.17, 15) is 4.79 Å². The van der Waals surface area contributed by atoms with Gasteiger partial charge < -0.3 is 4.98 Å². The van der Waals surface area contributed by atoms with Crippen LogP contribution in [0.25, 0.3) is 11.3 Å². The Hall–Kier alpha value is -1.68. The molecule has 0 aliphatic heterocycles. The molecule has 2 rings (SSSR count). The summed E-state index contributed by atoms with van der Waals surface area (Å²) in [6.07, 6.45) is 0. The summed E-state index contributed by atoms with van der Waals surface area (Å²) in [6, 6.07) is 9.63. The van der Waals surface area contributed by atoms with Crippen molar-refractivity contribution in [2.75, 3.05) is 0 Å². The van der Waals surface area contributed by atoms with Gasteiger partial charge in [0.15, 0.2) is 0 Å². The molecule has 2 N–H and O–H groups in total. The molecule has 15 heavy (non-hydrogen) atoms. The zero-order valence-corrected chi connectivity index (χ0v) is 9.02. The number of nitrogens with one attached hydrogen (secondary N) is 2. The summed E-state index contributed by atoms with van der Waals surface area (Å²) in [4.78, 5) is 16.4. The summed E-state index contributed by atoms with van der Waals surface area (Å²) in [5, 5.41) is 0. The van der Waals surface area contributed by atoms with Crippen LogP contribution in [0.15, 0.2) is 35.1 Å². The van der Waals surface area contributed by atoms with Gasteiger partial charge in [-0.1, -0.05) is 36.0 Å². The quantitative estimate of drug-likeness (QED) is 0.722. The molecule has 3 nitrogen and oxygen atoms in total. The number of aromatic amines is 2. The lowest BCUT2D eigenvalue weighted by molar-refractivity contribution is 1.07. The molecular weight excluding hydrogens is 208 g/mol. The lowest BCUT2D eigenvalue weighted by Crippen LogP contribution is -2.10. The van der Waals surface area contributed by atoms with Crippen LogP contribution in [0, 0.1) is 11.6 Å². The first-order valence-electron chi connectivity index (χ1n) is 4.56. The smallest absolute Gasteiger partial charge is 0.307 e. The molecule has 76 valence electrons. The summed E-state index contributed by atoms with van der Waals surface area (Å²) < 4.78 is 0.440. The third kappa shape index (κ3) is 2.22. The third-order valence-electron chi connectivity index (χ3n) is 2.09. The molecule has 0 saturated heterocycles. The second kappa shape index (κ2) is 3.82. The standard InChI is InChI=1S/C11H10N2OS/c1-7-3-2-4-8(5-7)9-6-10(15)13-11(14)12-9/h2-6H,1H3,(H2,12,13,14,15). The number of H-pyrrole nitrogens is 2. The van der Waals surface area contributed by atoms with Gasteiger partial charge in [-0.3, -0.25) is 4.98 Å². The number of rotatable bonds is 1. The fraction of sp³-hybridized carbons (Fsp3) is 0.0909. The second-order valence-electron chi connectivity index (χ2n) is 3.37. The van der Waals surface area contributed by atoms with E-state index < -0.39 is 0 Å². The number of hydrogen-bond donors (Lipinski definition) is 2. The van der Waals surface area contributed by atoms with E-state index in [1.165, 1.54) is 0 Å². The number of aryl methyl sites for hydroxylation is 1. The van der Waals surface area contributed by atoms with Crippen LogP contribution in [-0.2, 0) is 0 Å². The summed E-state index contributed by atoms with van der Waals surface area (Å²) in [5.74, 6) is 0. The zero-order chi connectivity index (χ0) is 10.8. The predicted molar refractivity (Wildman–Crippen MR) is 62.4 cm³/mol. The molecule has 0 unspecified atom stereocenters. The highest BCUT2D eigenvalue weighted by molar-refractivity contribution is 7.71. The Kier molecular flexibility index (Phi) is 2.51. The first-order valence-corrected chi connectivity index (χ1v) is 4.97. The van der Waals surface area contributed by atoms with Gasteiger partial charge in [-0.15, -0.1) is 0 Å². The Labute approximate surface area is 91.8 Å². The van der Waals surface area contributed by atoms with Gasteiger partial charge in [0, 0.05) is 0 Å². The van der Waals surface area contributed by atoms with Gasteiger partial charge in [0.05, 0.1) is 5.69 Å². The van der Waals surface area contributed by atoms with Crippen molar-refractivity contribution in [3.63, 3.8) is 0 Å². The first-order chi connectivity index (χ1) is 7.15. The molecular formula is C11H10N2OS. The van der Waals surface area contributed by atoms with E-state index in [1.54, 1.807) is 6.07 Å². The Bertz CT molecular complexity index is 570. The molecule has 0 bridgehead atoms. The molecule has 0 amide bonds. The largest absolute Gasteiger partial charge is 0.324 e. The Balaban J connectivity index is 2.64. The Morgan fingerprint density at radius 3 is 2.67 bits per heavy atom. The predicted octanol–water partition coefficient (Wildman–Crippen LogP) is 2.41. The molecule has 1 aromatic heterocycles. The third-order valence-corrected chi connectivity index (χ3v) is 2.31. The molecule has 4 heteroatoms. The molecule has 0 spiro atoms. The zero-order valence-electron chi connectivity index (χ0n) is 8.20. The highest BCUT2D eigenvalue weighted by Crippen LogP contribution is 2.16. The van der Waals surface area contributed by atoms with Crippen molar-refractivity contribution < 1.29 is 0 Å². The monoisotopic (exact) mass is 218 g/mol. The molecule has 0 aliphatic carbocycles. The summed E-state index contributed by atoms with van der Waals surface area (Å²) in [7, 11) is 0. The maximum Gasteiger partial charge on any atom is 0.324 e. The van der Waals surface area contributed by atoms with Gasteiger partial charge >= 0.3 is 5.69 Å². The fourth-order valence-corrected chi connectivity index (χ4v) is 1.65. The average Bonchev–Trinajstić information content (AvgIpc) is 2.16. The number of benzene rings is 1. The minimum Gasteiger partial charge on any atom is -0.307 e. The van der Waals surface area contributed by atoms with E-state index in [4.69, 9.17) is 12.2 Å². The van der Waals surface area contributed by atoms with Gasteiger partial charge in [0.25, 0.3) is 0 Å². The normalized spacial score (nSPS) is 10.2. The number of hydrogen-bond acceptors (Lipinski definition) is 2. The summed E-state index contributed by atoms with van der Waals surface area (Å²) in [5.41, 5.74) is 2.57. The van der Waals surface area contributed by atoms with E-state index >= 15 is 0 Å². The van der Waals surface area contributed by atoms with Crippen LogP contribution in [0.2, 0.25) is 0 Å². The van der Waals surface area contributed by atoms with Crippen LogP contribution in [0.4, 0.5) is 0 Å². The lowest BCUT2D eigenvalue weighted by atomic mass is 10.1. The van der Waals surface area contributed by atoms with Crippen molar-refractivity contribution in [1.82, 2.24) is 9.97 Å². The van der Waals surface area contributed by atoms with E-state index in [1.807, 2.05) is 31.2 Å². The molecule has 0 saturated carbocycles. The number of aromatic nitrogens is 2. The van der Waals surface area contributed by atoms with Gasteiger partial charge in [0.2, 0.25) is 0 Å². The van der Waals surface area contributed by atoms with Crippen molar-refractivity contribution in [2.24, 2.45) is 0 Å². The maximum absolute atomic E-state index is 11.2. The SMILES string of the molecule is Cc1cccc(-c2cc(=S)[nH]c(=O)[nH]2)c1. The maximum atomic E-state index is 11.2. The molecule has 2 aromatic rings. The van der Waals surface area contributed by atoms with Crippen molar-refractivity contribution in [3.05, 3.63) is 51.0 Å². The van der Waals surface area contributed by atoms with E-state index in [-0.39, 0.29) is 5.69 Å². The van der Waals surface area contributed by atoms with Crippen LogP contribution in [0.3, 0.4) is 0 Å². The van der Waals surface area contributed by atoms with Crippen LogP contribution >= 0.6 is 12.2 Å². The van der Waals surface area contributed by atoms with Crippen molar-refractivity contribution in [1.29, 1.82) is 0 Å². The molecule has 0 atom stereocenters.